The van der Waals surface area contributed by atoms with Crippen LogP contribution in [0.3, 0.4) is 0 Å². The van der Waals surface area contributed by atoms with Crippen molar-refractivity contribution in [1.29, 1.82) is 0 Å². The Morgan fingerprint density at radius 2 is 1.80 bits per heavy atom. The monoisotopic (exact) mass is 378 g/mol. The van der Waals surface area contributed by atoms with Crippen molar-refractivity contribution in [2.45, 2.75) is 54.5 Å². The van der Waals surface area contributed by atoms with Crippen molar-refractivity contribution in [3.63, 3.8) is 0 Å². The maximum Gasteiger partial charge on any atom is 0.343 e. The van der Waals surface area contributed by atoms with Crippen molar-refractivity contribution in [2.75, 3.05) is 5.32 Å². The Kier molecular flexibility index (Phi) is 6.09. The molecule has 1 saturated carbocycles. The minimum atomic E-state index is -0.405. The third-order valence-electron chi connectivity index (χ3n) is 4.20. The summed E-state index contributed by atoms with van der Waals surface area (Å²) in [7, 11) is 0. The van der Waals surface area contributed by atoms with E-state index in [0.29, 0.717) is 15.9 Å². The molecule has 0 saturated heterocycles. The molecule has 1 aromatic carbocycles. The molecule has 2 aromatic rings. The molecule has 25 heavy (non-hydrogen) atoms. The molecular formula is C17H19ClN4O2S. The van der Waals surface area contributed by atoms with Crippen LogP contribution in [0.5, 0.6) is 0 Å². The summed E-state index contributed by atoms with van der Waals surface area (Å²) >= 11 is 7.13. The molecule has 0 radical (unpaired) electrons. The number of benzene rings is 1. The number of rotatable bonds is 5. The van der Waals surface area contributed by atoms with Gasteiger partial charge >= 0.3 is 5.69 Å². The lowest BCUT2D eigenvalue weighted by Crippen LogP contribution is -2.20. The highest BCUT2D eigenvalue weighted by molar-refractivity contribution is 7.99. The first kappa shape index (κ1) is 17.9. The van der Waals surface area contributed by atoms with Gasteiger partial charge in [0.25, 0.3) is 0 Å². The minimum Gasteiger partial charge on any atom is -0.361 e. The zero-order valence-electron chi connectivity index (χ0n) is 13.7. The quantitative estimate of drug-likeness (QED) is 0.328. The van der Waals surface area contributed by atoms with Crippen molar-refractivity contribution in [2.24, 2.45) is 0 Å². The summed E-state index contributed by atoms with van der Waals surface area (Å²) in [6.07, 6.45) is 8.14. The van der Waals surface area contributed by atoms with E-state index in [-0.39, 0.29) is 11.7 Å². The maximum absolute atomic E-state index is 11.6. The van der Waals surface area contributed by atoms with E-state index in [1.807, 2.05) is 12.1 Å². The predicted molar refractivity (Wildman–Crippen MR) is 99.4 cm³/mol. The van der Waals surface area contributed by atoms with Crippen LogP contribution in [0.4, 0.5) is 11.5 Å². The van der Waals surface area contributed by atoms with Crippen LogP contribution in [-0.4, -0.2) is 20.9 Å². The molecule has 3 rings (SSSR count). The van der Waals surface area contributed by atoms with Crippen LogP contribution in [0.25, 0.3) is 0 Å². The number of nitro groups is 1. The molecule has 1 N–H and O–H groups in total. The zero-order valence-corrected chi connectivity index (χ0v) is 15.2. The van der Waals surface area contributed by atoms with Gasteiger partial charge in [-0.25, -0.2) is 9.97 Å². The van der Waals surface area contributed by atoms with Crippen molar-refractivity contribution >= 4 is 34.9 Å². The smallest absolute Gasteiger partial charge is 0.343 e. The van der Waals surface area contributed by atoms with Crippen LogP contribution in [-0.2, 0) is 0 Å². The lowest BCUT2D eigenvalue weighted by molar-refractivity contribution is -0.387. The Labute approximate surface area is 155 Å². The molecule has 0 aliphatic heterocycles. The number of halogens is 1. The molecule has 0 atom stereocenters. The summed E-state index contributed by atoms with van der Waals surface area (Å²) in [5, 5.41) is 15.9. The van der Waals surface area contributed by atoms with E-state index in [0.717, 1.165) is 30.6 Å². The van der Waals surface area contributed by atoms with E-state index in [2.05, 4.69) is 15.3 Å². The predicted octanol–water partition coefficient (Wildman–Crippen LogP) is 5.32. The minimum absolute atomic E-state index is 0.0632. The molecule has 1 heterocycles. The molecule has 1 aliphatic rings. The van der Waals surface area contributed by atoms with E-state index in [4.69, 9.17) is 11.6 Å². The van der Waals surface area contributed by atoms with E-state index in [1.165, 1.54) is 30.9 Å². The SMILES string of the molecule is O=[N+]([O-])c1c(NC2CCCCCC2)ncnc1Sc1ccc(Cl)cc1. The fraction of sp³-hybridized carbons (Fsp3) is 0.412. The van der Waals surface area contributed by atoms with Gasteiger partial charge in [0.2, 0.25) is 5.82 Å². The van der Waals surface area contributed by atoms with Crippen molar-refractivity contribution in [1.82, 2.24) is 9.97 Å². The summed E-state index contributed by atoms with van der Waals surface area (Å²) in [4.78, 5) is 20.4. The summed E-state index contributed by atoms with van der Waals surface area (Å²) in [5.41, 5.74) is -0.0632. The number of nitrogens with one attached hydrogen (secondary N) is 1. The van der Waals surface area contributed by atoms with Gasteiger partial charge in [-0.15, -0.1) is 0 Å². The average Bonchev–Trinajstić information content (AvgIpc) is 2.85. The second-order valence-electron chi connectivity index (χ2n) is 6.02. The zero-order chi connectivity index (χ0) is 17.6. The fourth-order valence-electron chi connectivity index (χ4n) is 2.94. The Morgan fingerprint density at radius 3 is 2.44 bits per heavy atom. The average molecular weight is 379 g/mol. The van der Waals surface area contributed by atoms with E-state index in [9.17, 15) is 10.1 Å². The van der Waals surface area contributed by atoms with Crippen LogP contribution in [0.2, 0.25) is 5.02 Å². The fourth-order valence-corrected chi connectivity index (χ4v) is 3.93. The second kappa shape index (κ2) is 8.49. The van der Waals surface area contributed by atoms with E-state index in [1.54, 1.807) is 12.1 Å². The van der Waals surface area contributed by atoms with E-state index >= 15 is 0 Å². The summed E-state index contributed by atoms with van der Waals surface area (Å²) in [6.45, 7) is 0. The highest BCUT2D eigenvalue weighted by Gasteiger charge is 2.25. The Balaban J connectivity index is 1.85. The molecule has 6 nitrogen and oxygen atoms in total. The van der Waals surface area contributed by atoms with Gasteiger partial charge in [0, 0.05) is 16.0 Å². The second-order valence-corrected chi connectivity index (χ2v) is 7.52. The molecule has 132 valence electrons. The molecule has 0 amide bonds. The van der Waals surface area contributed by atoms with Crippen LogP contribution < -0.4 is 5.32 Å². The summed E-state index contributed by atoms with van der Waals surface area (Å²) in [6, 6.07) is 7.36. The van der Waals surface area contributed by atoms with Gasteiger partial charge in [0.15, 0.2) is 5.03 Å². The van der Waals surface area contributed by atoms with Crippen molar-refractivity contribution in [3.8, 4) is 0 Å². The van der Waals surface area contributed by atoms with Crippen molar-refractivity contribution in [3.05, 3.63) is 45.7 Å². The van der Waals surface area contributed by atoms with Crippen LogP contribution in [0.1, 0.15) is 38.5 Å². The van der Waals surface area contributed by atoms with Crippen molar-refractivity contribution < 1.29 is 4.92 Å². The van der Waals surface area contributed by atoms with Gasteiger partial charge < -0.3 is 5.32 Å². The topological polar surface area (TPSA) is 81.0 Å². The van der Waals surface area contributed by atoms with E-state index < -0.39 is 4.92 Å². The number of hydrogen-bond donors (Lipinski definition) is 1. The lowest BCUT2D eigenvalue weighted by atomic mass is 10.1. The molecule has 0 bridgehead atoms. The lowest BCUT2D eigenvalue weighted by Gasteiger charge is -2.17. The third-order valence-corrected chi connectivity index (χ3v) is 5.45. The first-order valence-corrected chi connectivity index (χ1v) is 9.52. The highest BCUT2D eigenvalue weighted by atomic mass is 35.5. The largest absolute Gasteiger partial charge is 0.361 e. The van der Waals surface area contributed by atoms with Gasteiger partial charge in [-0.05, 0) is 37.1 Å². The van der Waals surface area contributed by atoms with Gasteiger partial charge in [-0.3, -0.25) is 10.1 Å². The van der Waals surface area contributed by atoms with Gasteiger partial charge in [0.1, 0.15) is 6.33 Å². The van der Waals surface area contributed by atoms with Gasteiger partial charge in [-0.2, -0.15) is 0 Å². The number of anilines is 1. The first-order valence-electron chi connectivity index (χ1n) is 8.33. The third kappa shape index (κ3) is 4.83. The normalized spacial score (nSPS) is 15.6. The molecule has 0 spiro atoms. The Bertz CT molecular complexity index is 734. The molecular weight excluding hydrogens is 360 g/mol. The van der Waals surface area contributed by atoms with Crippen LogP contribution in [0.15, 0.2) is 40.5 Å². The summed E-state index contributed by atoms with van der Waals surface area (Å²) in [5.74, 6) is 0.309. The van der Waals surface area contributed by atoms with Crippen LogP contribution in [0, 0.1) is 10.1 Å². The maximum atomic E-state index is 11.6. The number of nitrogens with zero attached hydrogens (tertiary/aromatic N) is 3. The molecule has 1 aromatic heterocycles. The molecule has 8 heteroatoms. The Hall–Kier alpha value is -1.86. The van der Waals surface area contributed by atoms with Crippen LogP contribution >= 0.6 is 23.4 Å². The number of aromatic nitrogens is 2. The van der Waals surface area contributed by atoms with Gasteiger partial charge in [0.05, 0.1) is 4.92 Å². The summed E-state index contributed by atoms with van der Waals surface area (Å²) < 4.78 is 0. The van der Waals surface area contributed by atoms with Gasteiger partial charge in [-0.1, -0.05) is 49.0 Å². The first-order chi connectivity index (χ1) is 12.1. The number of hydrogen-bond acceptors (Lipinski definition) is 6. The molecule has 1 aliphatic carbocycles. The highest BCUT2D eigenvalue weighted by Crippen LogP contribution is 2.37. The standard InChI is InChI=1S/C17H19ClN4O2S/c18-12-7-9-14(10-8-12)25-17-15(22(23)24)16(19-11-20-17)21-13-5-3-1-2-4-6-13/h7-11,13H,1-6H2,(H,19,20,21). The Morgan fingerprint density at radius 1 is 1.12 bits per heavy atom. The molecule has 1 fully saturated rings. The molecule has 0 unspecified atom stereocenters.